The molecule has 0 aliphatic heterocycles. The van der Waals surface area contributed by atoms with E-state index in [-0.39, 0.29) is 13.2 Å². The lowest BCUT2D eigenvalue weighted by Crippen LogP contribution is -2.09. The number of ether oxygens (including phenoxy) is 4. The van der Waals surface area contributed by atoms with Gasteiger partial charge in [0.1, 0.15) is 24.2 Å². The molecule has 0 bridgehead atoms. The SMILES string of the molecule is C=C(CCCC)/C(=C/C[C@@H](OC(C)=O)c1ccc(OCCO)cc1)c1cc(C(=O)OC)ccc1OC. The molecule has 0 aliphatic carbocycles. The summed E-state index contributed by atoms with van der Waals surface area (Å²) in [5.41, 5.74) is 3.64. The van der Waals surface area contributed by atoms with Gasteiger partial charge in [-0.25, -0.2) is 4.79 Å². The van der Waals surface area contributed by atoms with Crippen molar-refractivity contribution in [3.8, 4) is 11.5 Å². The van der Waals surface area contributed by atoms with Crippen LogP contribution in [0, 0.1) is 0 Å². The Bertz CT molecular complexity index is 1050. The van der Waals surface area contributed by atoms with Crippen LogP contribution < -0.4 is 9.47 Å². The molecule has 2 rings (SSSR count). The average molecular weight is 497 g/mol. The second-order valence-electron chi connectivity index (χ2n) is 8.21. The van der Waals surface area contributed by atoms with Gasteiger partial charge in [0.2, 0.25) is 0 Å². The number of hydrogen-bond donors (Lipinski definition) is 1. The van der Waals surface area contributed by atoms with Crippen molar-refractivity contribution in [2.45, 2.75) is 45.6 Å². The van der Waals surface area contributed by atoms with Crippen molar-refractivity contribution >= 4 is 17.5 Å². The number of methoxy groups -OCH3 is 2. The van der Waals surface area contributed by atoms with E-state index in [9.17, 15) is 9.59 Å². The number of carbonyl (C=O) groups excluding carboxylic acids is 2. The van der Waals surface area contributed by atoms with Gasteiger partial charge in [-0.3, -0.25) is 4.79 Å². The minimum Gasteiger partial charge on any atom is -0.496 e. The van der Waals surface area contributed by atoms with Crippen LogP contribution in [0.15, 0.2) is 60.7 Å². The fourth-order valence-corrected chi connectivity index (χ4v) is 3.75. The maximum Gasteiger partial charge on any atom is 0.337 e. The molecule has 0 saturated heterocycles. The quantitative estimate of drug-likeness (QED) is 0.266. The molecule has 36 heavy (non-hydrogen) atoms. The first-order valence-electron chi connectivity index (χ1n) is 12.0. The zero-order valence-corrected chi connectivity index (χ0v) is 21.5. The second-order valence-corrected chi connectivity index (χ2v) is 8.21. The standard InChI is InChI=1S/C29H36O7/c1-6-7-8-20(2)25(26-19-23(29(32)34-5)11-15-28(26)33-4)14-16-27(36-21(3)31)22-9-12-24(13-10-22)35-18-17-30/h9-15,19,27,30H,2,6-8,16-18H2,1,3-5H3/b25-14-/t27-/m1/s1. The number of aliphatic hydroxyl groups is 1. The van der Waals surface area contributed by atoms with Crippen LogP contribution in [-0.2, 0) is 14.3 Å². The molecule has 0 heterocycles. The van der Waals surface area contributed by atoms with E-state index in [2.05, 4.69) is 13.5 Å². The number of allylic oxidation sites excluding steroid dienone is 2. The molecular formula is C29H36O7. The van der Waals surface area contributed by atoms with Crippen molar-refractivity contribution in [1.82, 2.24) is 0 Å². The number of aliphatic hydroxyl groups excluding tert-OH is 1. The molecule has 1 atom stereocenters. The highest BCUT2D eigenvalue weighted by Gasteiger charge is 2.19. The Hall–Kier alpha value is -3.58. The zero-order chi connectivity index (χ0) is 26.5. The lowest BCUT2D eigenvalue weighted by molar-refractivity contribution is -0.146. The number of unbranched alkanes of at least 4 members (excludes halogenated alkanes) is 1. The number of rotatable bonds is 14. The van der Waals surface area contributed by atoms with Gasteiger partial charge in [-0.2, -0.15) is 0 Å². The van der Waals surface area contributed by atoms with E-state index < -0.39 is 18.0 Å². The van der Waals surface area contributed by atoms with E-state index in [1.807, 2.05) is 18.2 Å². The zero-order valence-electron chi connectivity index (χ0n) is 21.5. The van der Waals surface area contributed by atoms with Crippen LogP contribution in [0.25, 0.3) is 5.57 Å². The molecule has 1 N–H and O–H groups in total. The van der Waals surface area contributed by atoms with Crippen LogP contribution in [-0.4, -0.2) is 44.5 Å². The van der Waals surface area contributed by atoms with Crippen molar-refractivity contribution < 1.29 is 33.6 Å². The Balaban J connectivity index is 2.49. The maximum atomic E-state index is 12.2. The van der Waals surface area contributed by atoms with E-state index in [0.29, 0.717) is 23.5 Å². The van der Waals surface area contributed by atoms with Gasteiger partial charge in [0.05, 0.1) is 26.4 Å². The first-order valence-corrected chi connectivity index (χ1v) is 12.0. The van der Waals surface area contributed by atoms with Gasteiger partial charge in [0.15, 0.2) is 0 Å². The van der Waals surface area contributed by atoms with E-state index in [4.69, 9.17) is 24.1 Å². The molecule has 0 radical (unpaired) electrons. The van der Waals surface area contributed by atoms with Crippen LogP contribution in [0.4, 0.5) is 0 Å². The molecule has 194 valence electrons. The van der Waals surface area contributed by atoms with Crippen LogP contribution in [0.3, 0.4) is 0 Å². The van der Waals surface area contributed by atoms with Gasteiger partial charge in [-0.1, -0.05) is 38.1 Å². The molecule has 0 aliphatic rings. The van der Waals surface area contributed by atoms with Crippen molar-refractivity contribution in [1.29, 1.82) is 0 Å². The van der Waals surface area contributed by atoms with Crippen molar-refractivity contribution in [3.63, 3.8) is 0 Å². The third-order valence-electron chi connectivity index (χ3n) is 5.58. The number of benzene rings is 2. The third-order valence-corrected chi connectivity index (χ3v) is 5.58. The smallest absolute Gasteiger partial charge is 0.337 e. The Labute approximate surface area is 213 Å². The molecule has 0 fully saturated rings. The highest BCUT2D eigenvalue weighted by molar-refractivity contribution is 5.92. The van der Waals surface area contributed by atoms with Gasteiger partial charge >= 0.3 is 11.9 Å². The molecular weight excluding hydrogens is 460 g/mol. The Morgan fingerprint density at radius 1 is 1.11 bits per heavy atom. The predicted octanol–water partition coefficient (Wildman–Crippen LogP) is 5.68. The highest BCUT2D eigenvalue weighted by Crippen LogP contribution is 2.36. The monoisotopic (exact) mass is 496 g/mol. The second kappa shape index (κ2) is 14.7. The van der Waals surface area contributed by atoms with Crippen molar-refractivity contribution in [2.24, 2.45) is 0 Å². The lowest BCUT2D eigenvalue weighted by Gasteiger charge is -2.19. The normalized spacial score (nSPS) is 12.0. The summed E-state index contributed by atoms with van der Waals surface area (Å²) < 4.78 is 21.6. The summed E-state index contributed by atoms with van der Waals surface area (Å²) >= 11 is 0. The Morgan fingerprint density at radius 2 is 1.83 bits per heavy atom. The van der Waals surface area contributed by atoms with E-state index in [1.54, 1.807) is 37.4 Å². The number of esters is 2. The number of hydrogen-bond acceptors (Lipinski definition) is 7. The van der Waals surface area contributed by atoms with Gasteiger partial charge in [0.25, 0.3) is 0 Å². The molecule has 7 nitrogen and oxygen atoms in total. The van der Waals surface area contributed by atoms with Crippen molar-refractivity contribution in [2.75, 3.05) is 27.4 Å². The molecule has 2 aromatic carbocycles. The summed E-state index contributed by atoms with van der Waals surface area (Å²) in [5.74, 6) is 0.369. The summed E-state index contributed by atoms with van der Waals surface area (Å²) in [6.07, 6.45) is 4.54. The largest absolute Gasteiger partial charge is 0.496 e. The summed E-state index contributed by atoms with van der Waals surface area (Å²) in [5, 5.41) is 8.95. The molecule has 0 unspecified atom stereocenters. The molecule has 0 saturated carbocycles. The van der Waals surface area contributed by atoms with E-state index >= 15 is 0 Å². The first kappa shape index (κ1) is 28.7. The summed E-state index contributed by atoms with van der Waals surface area (Å²) in [4.78, 5) is 24.1. The summed E-state index contributed by atoms with van der Waals surface area (Å²) in [7, 11) is 2.91. The maximum absolute atomic E-state index is 12.2. The minimum atomic E-state index is -0.543. The van der Waals surface area contributed by atoms with E-state index in [0.717, 1.165) is 41.5 Å². The van der Waals surface area contributed by atoms with Crippen LogP contribution >= 0.6 is 0 Å². The van der Waals surface area contributed by atoms with Gasteiger partial charge in [0, 0.05) is 18.9 Å². The van der Waals surface area contributed by atoms with E-state index in [1.165, 1.54) is 14.0 Å². The Morgan fingerprint density at radius 3 is 2.42 bits per heavy atom. The number of carbonyl (C=O) groups is 2. The summed E-state index contributed by atoms with van der Waals surface area (Å²) in [6.45, 7) is 7.92. The van der Waals surface area contributed by atoms with Gasteiger partial charge < -0.3 is 24.1 Å². The molecule has 0 aromatic heterocycles. The average Bonchev–Trinajstić information content (AvgIpc) is 2.89. The first-order chi connectivity index (χ1) is 17.3. The van der Waals surface area contributed by atoms with Crippen LogP contribution in [0.1, 0.15) is 67.1 Å². The molecule has 2 aromatic rings. The molecule has 0 spiro atoms. The lowest BCUT2D eigenvalue weighted by atomic mass is 9.91. The summed E-state index contributed by atoms with van der Waals surface area (Å²) in [6, 6.07) is 12.3. The highest BCUT2D eigenvalue weighted by atomic mass is 16.5. The van der Waals surface area contributed by atoms with Crippen LogP contribution in [0.5, 0.6) is 11.5 Å². The van der Waals surface area contributed by atoms with Crippen molar-refractivity contribution in [3.05, 3.63) is 77.4 Å². The van der Waals surface area contributed by atoms with Gasteiger partial charge in [-0.15, -0.1) is 0 Å². The fraction of sp³-hybridized carbons (Fsp3) is 0.379. The fourth-order valence-electron chi connectivity index (χ4n) is 3.75. The molecule has 0 amide bonds. The van der Waals surface area contributed by atoms with Crippen LogP contribution in [0.2, 0.25) is 0 Å². The molecule has 7 heteroatoms. The Kier molecular flexibility index (Phi) is 11.7. The third kappa shape index (κ3) is 8.27. The van der Waals surface area contributed by atoms with Gasteiger partial charge in [-0.05, 0) is 59.9 Å². The minimum absolute atomic E-state index is 0.0754. The topological polar surface area (TPSA) is 91.3 Å². The predicted molar refractivity (Wildman–Crippen MR) is 139 cm³/mol.